The monoisotopic (exact) mass is 243 g/mol. The molecular weight excluding hydrogens is 224 g/mol. The topological polar surface area (TPSA) is 35.2 Å². The number of benzene rings is 1. The van der Waals surface area contributed by atoms with Crippen LogP contribution in [0, 0.1) is 0 Å². The minimum atomic E-state index is -3.07. The lowest BCUT2D eigenvalue weighted by atomic mass is 9.91. The molecular formula is C13H19F2NO. The zero-order valence-electron chi connectivity index (χ0n) is 10.6. The minimum Gasteiger partial charge on any atom is -0.491 e. The normalized spacial score (nSPS) is 12.9. The van der Waals surface area contributed by atoms with Crippen molar-refractivity contribution in [2.75, 3.05) is 0 Å². The number of alkyl halides is 2. The summed E-state index contributed by atoms with van der Waals surface area (Å²) < 4.78 is 33.2. The van der Waals surface area contributed by atoms with Crippen molar-refractivity contribution in [3.05, 3.63) is 29.8 Å². The van der Waals surface area contributed by atoms with E-state index in [4.69, 9.17) is 10.5 Å². The van der Waals surface area contributed by atoms with E-state index in [2.05, 4.69) is 0 Å². The third kappa shape index (κ3) is 3.16. The van der Waals surface area contributed by atoms with Gasteiger partial charge in [0.05, 0.1) is 11.6 Å². The molecule has 0 aliphatic rings. The van der Waals surface area contributed by atoms with Crippen molar-refractivity contribution >= 4 is 0 Å². The van der Waals surface area contributed by atoms with E-state index in [9.17, 15) is 8.78 Å². The van der Waals surface area contributed by atoms with Gasteiger partial charge in [0, 0.05) is 5.56 Å². The quantitative estimate of drug-likeness (QED) is 0.880. The van der Waals surface area contributed by atoms with E-state index in [0.29, 0.717) is 5.75 Å². The first-order chi connectivity index (χ1) is 7.64. The van der Waals surface area contributed by atoms with E-state index in [-0.39, 0.29) is 11.7 Å². The van der Waals surface area contributed by atoms with Crippen LogP contribution in [0.1, 0.15) is 33.3 Å². The third-order valence-corrected chi connectivity index (χ3v) is 2.40. The van der Waals surface area contributed by atoms with Gasteiger partial charge in [-0.25, -0.2) is 0 Å². The summed E-state index contributed by atoms with van der Waals surface area (Å²) in [5, 5.41) is 0. The van der Waals surface area contributed by atoms with Crippen molar-refractivity contribution in [2.45, 2.75) is 45.3 Å². The largest absolute Gasteiger partial charge is 0.491 e. The van der Waals surface area contributed by atoms with Crippen LogP contribution in [0.15, 0.2) is 24.3 Å². The Morgan fingerprint density at radius 1 is 1.12 bits per heavy atom. The Morgan fingerprint density at radius 3 is 1.94 bits per heavy atom. The number of rotatable bonds is 4. The van der Waals surface area contributed by atoms with Crippen LogP contribution in [0.25, 0.3) is 0 Å². The van der Waals surface area contributed by atoms with E-state index in [1.54, 1.807) is 0 Å². The smallest absolute Gasteiger partial charge is 0.290 e. The van der Waals surface area contributed by atoms with Gasteiger partial charge in [-0.15, -0.1) is 0 Å². The molecule has 0 radical (unpaired) electrons. The summed E-state index contributed by atoms with van der Waals surface area (Å²) in [6, 6.07) is 5.78. The number of halogens is 2. The van der Waals surface area contributed by atoms with Gasteiger partial charge in [0.2, 0.25) is 0 Å². The lowest BCUT2D eigenvalue weighted by Gasteiger charge is -2.30. The molecule has 0 bridgehead atoms. The van der Waals surface area contributed by atoms with Gasteiger partial charge in [-0.1, -0.05) is 0 Å². The number of nitrogens with two attached hydrogens (primary N) is 1. The Labute approximate surface area is 101 Å². The lowest BCUT2D eigenvalue weighted by molar-refractivity contribution is -0.0672. The van der Waals surface area contributed by atoms with Crippen LogP contribution in [0.4, 0.5) is 8.78 Å². The third-order valence-electron chi connectivity index (χ3n) is 2.40. The average Bonchev–Trinajstić information content (AvgIpc) is 2.15. The van der Waals surface area contributed by atoms with Crippen molar-refractivity contribution in [1.29, 1.82) is 0 Å². The Balaban J connectivity index is 2.95. The summed E-state index contributed by atoms with van der Waals surface area (Å²) in [7, 11) is 0. The molecule has 0 fully saturated rings. The van der Waals surface area contributed by atoms with Crippen LogP contribution in [0.2, 0.25) is 0 Å². The van der Waals surface area contributed by atoms with E-state index >= 15 is 0 Å². The second-order valence-electron chi connectivity index (χ2n) is 4.99. The van der Waals surface area contributed by atoms with Crippen molar-refractivity contribution < 1.29 is 13.5 Å². The molecule has 0 amide bonds. The Morgan fingerprint density at radius 2 is 1.59 bits per heavy atom. The second kappa shape index (κ2) is 4.61. The number of hydrogen-bond donors (Lipinski definition) is 1. The summed E-state index contributed by atoms with van der Waals surface area (Å²) >= 11 is 0. The van der Waals surface area contributed by atoms with E-state index in [1.807, 2.05) is 13.8 Å². The van der Waals surface area contributed by atoms with Gasteiger partial charge in [-0.05, 0) is 52.0 Å². The SMILES string of the molecule is CC(C)Oc1ccc(C(F)(F)C(C)(C)N)cc1. The molecule has 0 unspecified atom stereocenters. The van der Waals surface area contributed by atoms with Crippen LogP contribution in [0.5, 0.6) is 5.75 Å². The van der Waals surface area contributed by atoms with E-state index in [1.165, 1.54) is 38.1 Å². The van der Waals surface area contributed by atoms with Crippen LogP contribution in [-0.4, -0.2) is 11.6 Å². The van der Waals surface area contributed by atoms with Crippen LogP contribution < -0.4 is 10.5 Å². The molecule has 1 aromatic rings. The summed E-state index contributed by atoms with van der Waals surface area (Å²) in [5.41, 5.74) is 3.80. The predicted molar refractivity (Wildman–Crippen MR) is 64.4 cm³/mol. The first-order valence-electron chi connectivity index (χ1n) is 5.58. The van der Waals surface area contributed by atoms with Crippen LogP contribution in [0.3, 0.4) is 0 Å². The molecule has 0 heterocycles. The summed E-state index contributed by atoms with van der Waals surface area (Å²) in [5.74, 6) is -2.49. The Hall–Kier alpha value is -1.16. The molecule has 0 saturated heterocycles. The molecule has 2 nitrogen and oxygen atoms in total. The van der Waals surface area contributed by atoms with Crippen molar-refractivity contribution in [3.8, 4) is 5.75 Å². The maximum atomic E-state index is 13.9. The van der Waals surface area contributed by atoms with Gasteiger partial charge in [-0.2, -0.15) is 8.78 Å². The predicted octanol–water partition coefficient (Wildman–Crippen LogP) is 3.30. The summed E-state index contributed by atoms with van der Waals surface area (Å²) in [4.78, 5) is 0. The molecule has 0 aromatic heterocycles. The number of ether oxygens (including phenoxy) is 1. The zero-order chi connectivity index (χ0) is 13.3. The van der Waals surface area contributed by atoms with Crippen molar-refractivity contribution in [3.63, 3.8) is 0 Å². The highest BCUT2D eigenvalue weighted by Crippen LogP contribution is 2.37. The fraction of sp³-hybridized carbons (Fsp3) is 0.538. The molecule has 2 N–H and O–H groups in total. The van der Waals surface area contributed by atoms with Crippen molar-refractivity contribution in [1.82, 2.24) is 0 Å². The molecule has 0 aliphatic carbocycles. The molecule has 0 atom stereocenters. The van der Waals surface area contributed by atoms with Gasteiger partial charge >= 0.3 is 0 Å². The minimum absolute atomic E-state index is 0.0207. The molecule has 0 aliphatic heterocycles. The van der Waals surface area contributed by atoms with Gasteiger partial charge in [0.25, 0.3) is 5.92 Å². The van der Waals surface area contributed by atoms with Gasteiger partial charge in [-0.3, -0.25) is 0 Å². The fourth-order valence-electron chi connectivity index (χ4n) is 1.39. The fourth-order valence-corrected chi connectivity index (χ4v) is 1.39. The first kappa shape index (κ1) is 13.9. The molecule has 1 rings (SSSR count). The first-order valence-corrected chi connectivity index (χ1v) is 5.58. The van der Waals surface area contributed by atoms with Gasteiger partial charge < -0.3 is 10.5 Å². The van der Waals surface area contributed by atoms with Gasteiger partial charge in [0.15, 0.2) is 0 Å². The Kier molecular flexibility index (Phi) is 3.77. The average molecular weight is 243 g/mol. The van der Waals surface area contributed by atoms with Crippen LogP contribution in [-0.2, 0) is 5.92 Å². The summed E-state index contributed by atoms with van der Waals surface area (Å²) in [6.07, 6.45) is 0.0207. The maximum absolute atomic E-state index is 13.9. The second-order valence-corrected chi connectivity index (χ2v) is 4.99. The Bertz CT molecular complexity index is 366. The standard InChI is InChI=1S/C13H19F2NO/c1-9(2)17-11-7-5-10(6-8-11)13(14,15)12(3,4)16/h5-9H,16H2,1-4H3. The van der Waals surface area contributed by atoms with Crippen LogP contribution >= 0.6 is 0 Å². The molecule has 0 spiro atoms. The molecule has 17 heavy (non-hydrogen) atoms. The zero-order valence-corrected chi connectivity index (χ0v) is 10.6. The van der Waals surface area contributed by atoms with E-state index in [0.717, 1.165) is 0 Å². The summed E-state index contributed by atoms with van der Waals surface area (Å²) in [6.45, 7) is 6.38. The highest BCUT2D eigenvalue weighted by atomic mass is 19.3. The molecule has 0 saturated carbocycles. The molecule has 1 aromatic carbocycles. The van der Waals surface area contributed by atoms with E-state index < -0.39 is 11.5 Å². The van der Waals surface area contributed by atoms with Crippen molar-refractivity contribution in [2.24, 2.45) is 5.73 Å². The highest BCUT2D eigenvalue weighted by Gasteiger charge is 2.45. The molecule has 4 heteroatoms. The maximum Gasteiger partial charge on any atom is 0.290 e. The lowest BCUT2D eigenvalue weighted by Crippen LogP contribution is -2.48. The molecule has 96 valence electrons. The number of hydrogen-bond acceptors (Lipinski definition) is 2. The van der Waals surface area contributed by atoms with Gasteiger partial charge in [0.1, 0.15) is 5.75 Å². The highest BCUT2D eigenvalue weighted by molar-refractivity contribution is 5.31.